The normalized spacial score (nSPS) is 10.6. The van der Waals surface area contributed by atoms with Crippen molar-refractivity contribution >= 4 is 39.4 Å². The van der Waals surface area contributed by atoms with Crippen molar-refractivity contribution in [3.63, 3.8) is 0 Å². The quantitative estimate of drug-likeness (QED) is 0.398. The minimum Gasteiger partial charge on any atom is -0.493 e. The second-order valence-electron chi connectivity index (χ2n) is 5.75. The van der Waals surface area contributed by atoms with E-state index in [9.17, 15) is 14.9 Å². The maximum atomic E-state index is 12.6. The van der Waals surface area contributed by atoms with Crippen molar-refractivity contribution in [2.75, 3.05) is 12.4 Å². The molecule has 0 saturated heterocycles. The largest absolute Gasteiger partial charge is 0.493 e. The van der Waals surface area contributed by atoms with Crippen LogP contribution in [0, 0.1) is 10.1 Å². The topological polar surface area (TPSA) is 129 Å². The highest BCUT2D eigenvalue weighted by Gasteiger charge is 2.25. The van der Waals surface area contributed by atoms with Crippen LogP contribution >= 0.6 is 22.7 Å². The molecular weight excluding hydrogens is 418 g/mol. The number of hydrogen-bond donors (Lipinski definition) is 1. The van der Waals surface area contributed by atoms with E-state index in [1.54, 1.807) is 10.9 Å². The monoisotopic (exact) mass is 435 g/mol. The van der Waals surface area contributed by atoms with Crippen LogP contribution in [0.3, 0.4) is 0 Å². The van der Waals surface area contributed by atoms with Gasteiger partial charge in [0.1, 0.15) is 17.2 Å². The fourth-order valence-electron chi connectivity index (χ4n) is 2.40. The van der Waals surface area contributed by atoms with Gasteiger partial charge in [-0.05, 0) is 6.42 Å². The molecule has 12 heteroatoms. The van der Waals surface area contributed by atoms with Crippen LogP contribution in [-0.2, 0) is 13.0 Å². The lowest BCUT2D eigenvalue weighted by Gasteiger charge is -2.12. The average Bonchev–Trinajstić information content (AvgIpc) is 3.38. The molecular formula is C17H17N5O5S2. The highest BCUT2D eigenvalue weighted by molar-refractivity contribution is 7.15. The van der Waals surface area contributed by atoms with E-state index in [0.29, 0.717) is 5.69 Å². The number of methoxy groups -OCH3 is 1. The van der Waals surface area contributed by atoms with Crippen molar-refractivity contribution in [3.05, 3.63) is 49.4 Å². The first-order valence-corrected chi connectivity index (χ1v) is 10.3. The van der Waals surface area contributed by atoms with Crippen LogP contribution in [0.25, 0.3) is 0 Å². The molecule has 1 amide bonds. The lowest BCUT2D eigenvalue weighted by molar-refractivity contribution is -0.385. The number of amides is 1. The Hall–Kier alpha value is -3.12. The molecule has 0 spiro atoms. The van der Waals surface area contributed by atoms with Crippen molar-refractivity contribution in [2.45, 2.75) is 26.4 Å². The zero-order valence-corrected chi connectivity index (χ0v) is 17.2. The molecule has 0 aliphatic rings. The minimum atomic E-state index is -0.680. The predicted octanol–water partition coefficient (Wildman–Crippen LogP) is 3.70. The Kier molecular flexibility index (Phi) is 6.67. The number of carbonyl (C=O) groups is 1. The van der Waals surface area contributed by atoms with E-state index in [1.165, 1.54) is 41.9 Å². The van der Waals surface area contributed by atoms with E-state index in [4.69, 9.17) is 9.47 Å². The average molecular weight is 435 g/mol. The van der Waals surface area contributed by atoms with E-state index >= 15 is 0 Å². The molecule has 2 heterocycles. The van der Waals surface area contributed by atoms with Crippen LogP contribution in [0.2, 0.25) is 0 Å². The van der Waals surface area contributed by atoms with Crippen LogP contribution in [0.1, 0.15) is 34.4 Å². The number of ether oxygens (including phenoxy) is 2. The van der Waals surface area contributed by atoms with Gasteiger partial charge >= 0.3 is 0 Å². The van der Waals surface area contributed by atoms with Crippen molar-refractivity contribution in [3.8, 4) is 11.5 Å². The molecule has 0 bridgehead atoms. The van der Waals surface area contributed by atoms with Gasteiger partial charge in [0.2, 0.25) is 5.13 Å². The number of rotatable bonds is 9. The van der Waals surface area contributed by atoms with E-state index in [1.807, 2.05) is 6.92 Å². The summed E-state index contributed by atoms with van der Waals surface area (Å²) in [4.78, 5) is 27.6. The van der Waals surface area contributed by atoms with Gasteiger partial charge in [0.15, 0.2) is 11.5 Å². The van der Waals surface area contributed by atoms with Gasteiger partial charge < -0.3 is 9.47 Å². The third-order valence-electron chi connectivity index (χ3n) is 3.73. The molecule has 0 aliphatic carbocycles. The molecule has 2 aromatic heterocycles. The first-order chi connectivity index (χ1) is 14.0. The lowest BCUT2D eigenvalue weighted by Crippen LogP contribution is -2.14. The number of anilines is 1. The number of nitro benzene ring substituents is 1. The van der Waals surface area contributed by atoms with Crippen LogP contribution in [-0.4, -0.2) is 33.1 Å². The smallest absolute Gasteiger partial charge is 0.286 e. The van der Waals surface area contributed by atoms with E-state index in [0.717, 1.165) is 17.8 Å². The number of nitrogens with zero attached hydrogens (tertiary/aromatic N) is 4. The molecule has 0 unspecified atom stereocenters. The summed E-state index contributed by atoms with van der Waals surface area (Å²) in [7, 11) is 1.39. The van der Waals surface area contributed by atoms with E-state index < -0.39 is 16.5 Å². The second-order valence-corrected chi connectivity index (χ2v) is 7.53. The SMILES string of the molecule is CCCc1nnc(NC(=O)c2cc(OC)c(OCc3cscn3)cc2[N+](=O)[O-])s1. The Bertz CT molecular complexity index is 1010. The highest BCUT2D eigenvalue weighted by atomic mass is 32.1. The summed E-state index contributed by atoms with van der Waals surface area (Å²) >= 11 is 2.64. The van der Waals surface area contributed by atoms with Crippen LogP contribution in [0.4, 0.5) is 10.8 Å². The van der Waals surface area contributed by atoms with Gasteiger partial charge in [-0.3, -0.25) is 20.2 Å². The number of aromatic nitrogens is 3. The van der Waals surface area contributed by atoms with Gasteiger partial charge in [-0.25, -0.2) is 4.98 Å². The second kappa shape index (κ2) is 9.39. The zero-order valence-electron chi connectivity index (χ0n) is 15.6. The molecule has 152 valence electrons. The molecule has 1 aromatic carbocycles. The number of nitrogens with one attached hydrogen (secondary N) is 1. The molecule has 1 N–H and O–H groups in total. The van der Waals surface area contributed by atoms with Crippen molar-refractivity contribution in [1.82, 2.24) is 15.2 Å². The van der Waals surface area contributed by atoms with Gasteiger partial charge in [0.25, 0.3) is 11.6 Å². The summed E-state index contributed by atoms with van der Waals surface area (Å²) in [5, 5.41) is 24.8. The van der Waals surface area contributed by atoms with Gasteiger partial charge in [0.05, 0.1) is 29.3 Å². The Morgan fingerprint density at radius 2 is 2.14 bits per heavy atom. The molecule has 3 rings (SSSR count). The number of thiazole rings is 1. The number of benzene rings is 1. The Morgan fingerprint density at radius 3 is 2.79 bits per heavy atom. The van der Waals surface area contributed by atoms with Crippen molar-refractivity contribution < 1.29 is 19.2 Å². The lowest BCUT2D eigenvalue weighted by atomic mass is 10.1. The van der Waals surface area contributed by atoms with Gasteiger partial charge in [0, 0.05) is 17.9 Å². The molecule has 0 aliphatic heterocycles. The maximum Gasteiger partial charge on any atom is 0.286 e. The first kappa shape index (κ1) is 20.6. The summed E-state index contributed by atoms with van der Waals surface area (Å²) < 4.78 is 10.9. The third-order valence-corrected chi connectivity index (χ3v) is 5.27. The van der Waals surface area contributed by atoms with Crippen LogP contribution < -0.4 is 14.8 Å². The molecule has 0 radical (unpaired) electrons. The van der Waals surface area contributed by atoms with Gasteiger partial charge in [-0.1, -0.05) is 18.3 Å². The molecule has 29 heavy (non-hydrogen) atoms. The summed E-state index contributed by atoms with van der Waals surface area (Å²) in [6, 6.07) is 2.45. The minimum absolute atomic E-state index is 0.119. The fourth-order valence-corrected chi connectivity index (χ4v) is 3.78. The standard InChI is InChI=1S/C17H17N5O5S2/c1-3-4-15-20-21-17(29-15)19-16(23)11-5-13(26-2)14(6-12(11)22(24)25)27-7-10-8-28-9-18-10/h5-6,8-9H,3-4,7H2,1-2H3,(H,19,21,23). The summed E-state index contributed by atoms with van der Waals surface area (Å²) in [6.45, 7) is 2.13. The fraction of sp³-hybridized carbons (Fsp3) is 0.294. The number of aryl methyl sites for hydroxylation is 1. The summed E-state index contributed by atoms with van der Waals surface area (Å²) in [5.41, 5.74) is 1.77. The third kappa shape index (κ3) is 5.03. The molecule has 0 saturated carbocycles. The first-order valence-electron chi connectivity index (χ1n) is 8.51. The highest BCUT2D eigenvalue weighted by Crippen LogP contribution is 2.35. The maximum absolute atomic E-state index is 12.6. The number of hydrogen-bond acceptors (Lipinski definition) is 10. The number of carbonyl (C=O) groups excluding carboxylic acids is 1. The molecule has 3 aromatic rings. The van der Waals surface area contributed by atoms with Crippen molar-refractivity contribution in [2.24, 2.45) is 0 Å². The predicted molar refractivity (Wildman–Crippen MR) is 108 cm³/mol. The molecule has 0 fully saturated rings. The number of nitro groups is 1. The Morgan fingerprint density at radius 1 is 1.31 bits per heavy atom. The Balaban J connectivity index is 1.86. The van der Waals surface area contributed by atoms with Crippen LogP contribution in [0.15, 0.2) is 23.0 Å². The molecule has 0 atom stereocenters. The summed E-state index contributed by atoms with van der Waals surface area (Å²) in [6.07, 6.45) is 1.64. The van der Waals surface area contributed by atoms with Crippen LogP contribution in [0.5, 0.6) is 11.5 Å². The van der Waals surface area contributed by atoms with E-state index in [2.05, 4.69) is 20.5 Å². The zero-order chi connectivity index (χ0) is 20.8. The van der Waals surface area contributed by atoms with E-state index in [-0.39, 0.29) is 28.8 Å². The van der Waals surface area contributed by atoms with Gasteiger partial charge in [-0.15, -0.1) is 21.5 Å². The van der Waals surface area contributed by atoms with Crippen molar-refractivity contribution in [1.29, 1.82) is 0 Å². The van der Waals surface area contributed by atoms with Gasteiger partial charge in [-0.2, -0.15) is 0 Å². The molecule has 10 nitrogen and oxygen atoms in total. The summed E-state index contributed by atoms with van der Waals surface area (Å²) in [5.74, 6) is -0.343. The Labute approximate surface area is 173 Å².